The summed E-state index contributed by atoms with van der Waals surface area (Å²) >= 11 is 3.33. The molecule has 98 valence electrons. The molecule has 1 fully saturated rings. The van der Waals surface area contributed by atoms with Gasteiger partial charge in [0, 0.05) is 4.47 Å². The number of halogens is 1. The maximum absolute atomic E-state index is 11.5. The lowest BCUT2D eigenvalue weighted by atomic mass is 10.3. The van der Waals surface area contributed by atoms with Crippen LogP contribution in [0.3, 0.4) is 0 Å². The molecule has 0 heterocycles. The van der Waals surface area contributed by atoms with Crippen molar-refractivity contribution in [1.29, 1.82) is 0 Å². The van der Waals surface area contributed by atoms with Crippen LogP contribution in [0.1, 0.15) is 25.7 Å². The van der Waals surface area contributed by atoms with E-state index in [1.54, 1.807) is 12.1 Å². The van der Waals surface area contributed by atoms with Crippen LogP contribution in [0.5, 0.6) is 5.75 Å². The van der Waals surface area contributed by atoms with Crippen molar-refractivity contribution in [2.24, 2.45) is 0 Å². The number of carbonyl (C=O) groups excluding carboxylic acids is 1. The lowest BCUT2D eigenvalue weighted by Crippen LogP contribution is -2.32. The predicted octanol–water partition coefficient (Wildman–Crippen LogP) is 2.82. The summed E-state index contributed by atoms with van der Waals surface area (Å²) in [5, 5.41) is 0. The Morgan fingerprint density at radius 2 is 1.94 bits per heavy atom. The molecule has 0 spiro atoms. The van der Waals surface area contributed by atoms with Crippen molar-refractivity contribution in [3.05, 3.63) is 28.7 Å². The van der Waals surface area contributed by atoms with Crippen LogP contribution in [0.2, 0.25) is 0 Å². The average molecular weight is 314 g/mol. The summed E-state index contributed by atoms with van der Waals surface area (Å²) in [6.07, 6.45) is 4.56. The van der Waals surface area contributed by atoms with Crippen LogP contribution in [0.4, 0.5) is 0 Å². The summed E-state index contributed by atoms with van der Waals surface area (Å²) in [5.41, 5.74) is 2.43. The SMILES string of the molecule is O=C(COc1ccc(Br)cc1)NOC1CCCC1. The number of ether oxygens (including phenoxy) is 1. The molecule has 0 bridgehead atoms. The second-order valence-corrected chi connectivity index (χ2v) is 5.21. The van der Waals surface area contributed by atoms with E-state index >= 15 is 0 Å². The first kappa shape index (κ1) is 13.4. The minimum atomic E-state index is -0.259. The van der Waals surface area contributed by atoms with E-state index in [1.807, 2.05) is 12.1 Å². The molecule has 18 heavy (non-hydrogen) atoms. The molecule has 1 N–H and O–H groups in total. The fraction of sp³-hybridized carbons (Fsp3) is 0.462. The first-order valence-corrected chi connectivity index (χ1v) is 6.86. The lowest BCUT2D eigenvalue weighted by molar-refractivity contribution is -0.140. The van der Waals surface area contributed by atoms with Gasteiger partial charge in [0.2, 0.25) is 0 Å². The van der Waals surface area contributed by atoms with Crippen LogP contribution in [0.15, 0.2) is 28.7 Å². The number of hydroxylamine groups is 1. The van der Waals surface area contributed by atoms with Gasteiger partial charge < -0.3 is 4.74 Å². The number of benzene rings is 1. The first-order valence-electron chi connectivity index (χ1n) is 6.07. The fourth-order valence-electron chi connectivity index (χ4n) is 1.86. The molecule has 0 atom stereocenters. The van der Waals surface area contributed by atoms with Gasteiger partial charge in [0.25, 0.3) is 5.91 Å². The molecule has 0 aromatic heterocycles. The van der Waals surface area contributed by atoms with Crippen LogP contribution in [0, 0.1) is 0 Å². The molecule has 1 aromatic rings. The van der Waals surface area contributed by atoms with Crippen molar-refractivity contribution in [1.82, 2.24) is 5.48 Å². The second-order valence-electron chi connectivity index (χ2n) is 4.29. The smallest absolute Gasteiger partial charge is 0.281 e. The number of hydrogen-bond donors (Lipinski definition) is 1. The Balaban J connectivity index is 1.66. The van der Waals surface area contributed by atoms with E-state index in [1.165, 1.54) is 12.8 Å². The second kappa shape index (κ2) is 6.75. The van der Waals surface area contributed by atoms with E-state index in [4.69, 9.17) is 9.57 Å². The molecular formula is C13H16BrNO3. The van der Waals surface area contributed by atoms with Gasteiger partial charge in [-0.3, -0.25) is 9.63 Å². The lowest BCUT2D eigenvalue weighted by Gasteiger charge is -2.11. The highest BCUT2D eigenvalue weighted by Gasteiger charge is 2.16. The van der Waals surface area contributed by atoms with Crippen LogP contribution < -0.4 is 10.2 Å². The number of hydrogen-bond acceptors (Lipinski definition) is 3. The Bertz CT molecular complexity index is 388. The molecule has 2 rings (SSSR count). The molecule has 4 nitrogen and oxygen atoms in total. The number of nitrogens with one attached hydrogen (secondary N) is 1. The Hall–Kier alpha value is -1.07. The molecule has 0 aliphatic heterocycles. The van der Waals surface area contributed by atoms with Crippen molar-refractivity contribution < 1.29 is 14.4 Å². The van der Waals surface area contributed by atoms with Crippen molar-refractivity contribution in [2.75, 3.05) is 6.61 Å². The molecular weight excluding hydrogens is 298 g/mol. The van der Waals surface area contributed by atoms with Crippen molar-refractivity contribution in [3.8, 4) is 5.75 Å². The topological polar surface area (TPSA) is 47.6 Å². The third kappa shape index (κ3) is 4.31. The molecule has 5 heteroatoms. The van der Waals surface area contributed by atoms with Crippen molar-refractivity contribution in [2.45, 2.75) is 31.8 Å². The van der Waals surface area contributed by atoms with Gasteiger partial charge in [-0.25, -0.2) is 5.48 Å². The minimum Gasteiger partial charge on any atom is -0.484 e. The summed E-state index contributed by atoms with van der Waals surface area (Å²) in [4.78, 5) is 16.8. The van der Waals surface area contributed by atoms with E-state index in [0.717, 1.165) is 17.3 Å². The summed E-state index contributed by atoms with van der Waals surface area (Å²) in [5.74, 6) is 0.402. The van der Waals surface area contributed by atoms with Gasteiger partial charge in [-0.1, -0.05) is 28.8 Å². The minimum absolute atomic E-state index is 0.0334. The van der Waals surface area contributed by atoms with E-state index in [0.29, 0.717) is 5.75 Å². The molecule has 1 aromatic carbocycles. The zero-order valence-electron chi connectivity index (χ0n) is 10.0. The standard InChI is InChI=1S/C13H16BrNO3/c14-10-5-7-11(8-6-10)17-9-13(16)15-18-12-3-1-2-4-12/h5-8,12H,1-4,9H2,(H,15,16). The Kier molecular flexibility index (Phi) is 5.01. The third-order valence-corrected chi connectivity index (χ3v) is 3.35. The maximum atomic E-state index is 11.5. The molecule has 1 amide bonds. The predicted molar refractivity (Wildman–Crippen MR) is 71.1 cm³/mol. The Morgan fingerprint density at radius 3 is 2.61 bits per heavy atom. The summed E-state index contributed by atoms with van der Waals surface area (Å²) < 4.78 is 6.30. The summed E-state index contributed by atoms with van der Waals surface area (Å²) in [6.45, 7) is -0.0334. The van der Waals surface area contributed by atoms with Crippen LogP contribution in [-0.4, -0.2) is 18.6 Å². The molecule has 1 aliphatic rings. The third-order valence-electron chi connectivity index (χ3n) is 2.83. The summed E-state index contributed by atoms with van der Waals surface area (Å²) in [6, 6.07) is 7.33. The monoisotopic (exact) mass is 313 g/mol. The van der Waals surface area contributed by atoms with Crippen molar-refractivity contribution in [3.63, 3.8) is 0 Å². The molecule has 0 radical (unpaired) electrons. The van der Waals surface area contributed by atoms with E-state index in [9.17, 15) is 4.79 Å². The first-order chi connectivity index (χ1) is 8.74. The van der Waals surface area contributed by atoms with Gasteiger partial charge in [-0.2, -0.15) is 0 Å². The van der Waals surface area contributed by atoms with E-state index in [-0.39, 0.29) is 18.6 Å². The van der Waals surface area contributed by atoms with Gasteiger partial charge in [0.15, 0.2) is 6.61 Å². The zero-order valence-corrected chi connectivity index (χ0v) is 11.6. The Labute approximate surface area is 115 Å². The van der Waals surface area contributed by atoms with Gasteiger partial charge in [0.05, 0.1) is 6.10 Å². The number of amides is 1. The highest BCUT2D eigenvalue weighted by atomic mass is 79.9. The maximum Gasteiger partial charge on any atom is 0.281 e. The van der Waals surface area contributed by atoms with Crippen LogP contribution in [0.25, 0.3) is 0 Å². The van der Waals surface area contributed by atoms with Gasteiger partial charge in [-0.15, -0.1) is 0 Å². The van der Waals surface area contributed by atoms with E-state index < -0.39 is 0 Å². The average Bonchev–Trinajstić information content (AvgIpc) is 2.89. The fourth-order valence-corrected chi connectivity index (χ4v) is 2.13. The van der Waals surface area contributed by atoms with Gasteiger partial charge >= 0.3 is 0 Å². The van der Waals surface area contributed by atoms with Gasteiger partial charge in [-0.05, 0) is 37.1 Å². The quantitative estimate of drug-likeness (QED) is 0.850. The number of carbonyl (C=O) groups is 1. The molecule has 1 aliphatic carbocycles. The van der Waals surface area contributed by atoms with Gasteiger partial charge in [0.1, 0.15) is 5.75 Å². The molecule has 0 saturated heterocycles. The van der Waals surface area contributed by atoms with Crippen LogP contribution >= 0.6 is 15.9 Å². The molecule has 0 unspecified atom stereocenters. The zero-order chi connectivity index (χ0) is 12.8. The van der Waals surface area contributed by atoms with E-state index in [2.05, 4.69) is 21.4 Å². The normalized spacial score (nSPS) is 15.6. The largest absolute Gasteiger partial charge is 0.484 e. The Morgan fingerprint density at radius 1 is 1.28 bits per heavy atom. The highest BCUT2D eigenvalue weighted by Crippen LogP contribution is 2.20. The highest BCUT2D eigenvalue weighted by molar-refractivity contribution is 9.10. The van der Waals surface area contributed by atoms with Crippen LogP contribution in [-0.2, 0) is 9.63 Å². The van der Waals surface area contributed by atoms with Crippen molar-refractivity contribution >= 4 is 21.8 Å². The number of rotatable bonds is 5. The summed E-state index contributed by atoms with van der Waals surface area (Å²) in [7, 11) is 0. The molecule has 1 saturated carbocycles.